The number of nitrogens with one attached hydrogen (secondary N) is 1. The molecule has 0 aliphatic heterocycles. The van der Waals surface area contributed by atoms with E-state index in [1.807, 2.05) is 78.9 Å². The average molecular weight is 593 g/mol. The number of methoxy groups -OCH3 is 1. The number of para-hydroxylation sites is 2. The number of benzene rings is 4. The predicted octanol–water partition coefficient (Wildman–Crippen LogP) is 6.96. The lowest BCUT2D eigenvalue weighted by Crippen LogP contribution is -2.36. The van der Waals surface area contributed by atoms with Gasteiger partial charge in [-0.3, -0.25) is 9.59 Å². The topological polar surface area (TPSA) is 84.9 Å². The summed E-state index contributed by atoms with van der Waals surface area (Å²) in [7, 11) is 1.35. The van der Waals surface area contributed by atoms with E-state index in [2.05, 4.69) is 26.1 Å². The van der Waals surface area contributed by atoms with Crippen LogP contribution >= 0.6 is 0 Å². The largest absolute Gasteiger partial charge is 0.492 e. The van der Waals surface area contributed by atoms with Crippen LogP contribution in [0.1, 0.15) is 48.7 Å². The Hall–Kier alpha value is -4.91. The first kappa shape index (κ1) is 32.0. The molecule has 0 aromatic heterocycles. The maximum Gasteiger partial charge on any atom is 0.328 e. The second-order valence-corrected chi connectivity index (χ2v) is 11.8. The van der Waals surface area contributed by atoms with Crippen molar-refractivity contribution in [2.45, 2.75) is 39.7 Å². The zero-order chi connectivity index (χ0) is 31.5. The molecule has 0 saturated carbocycles. The molecule has 0 saturated heterocycles. The highest BCUT2D eigenvalue weighted by molar-refractivity contribution is 6.12. The lowest BCUT2D eigenvalue weighted by Gasteiger charge is -2.27. The van der Waals surface area contributed by atoms with Gasteiger partial charge >= 0.3 is 5.97 Å². The smallest absolute Gasteiger partial charge is 0.328 e. The van der Waals surface area contributed by atoms with Gasteiger partial charge in [0.05, 0.1) is 13.7 Å². The van der Waals surface area contributed by atoms with Crippen LogP contribution in [0.2, 0.25) is 0 Å². The molecule has 1 atom stereocenters. The zero-order valence-corrected chi connectivity index (χ0v) is 25.8. The van der Waals surface area contributed by atoms with E-state index in [1.54, 1.807) is 35.2 Å². The number of carbonyl (C=O) groups is 3. The molecule has 0 spiro atoms. The van der Waals surface area contributed by atoms with Crippen molar-refractivity contribution in [2.24, 2.45) is 5.41 Å². The average Bonchev–Trinajstić information content (AvgIpc) is 3.03. The highest BCUT2D eigenvalue weighted by Gasteiger charge is 2.24. The molecule has 0 radical (unpaired) electrons. The number of ether oxygens (including phenoxy) is 2. The van der Waals surface area contributed by atoms with Gasteiger partial charge in [0.2, 0.25) is 5.91 Å². The Morgan fingerprint density at radius 3 is 2.05 bits per heavy atom. The van der Waals surface area contributed by atoms with Crippen LogP contribution in [0.15, 0.2) is 109 Å². The first-order valence-corrected chi connectivity index (χ1v) is 14.7. The Morgan fingerprint density at radius 2 is 1.41 bits per heavy atom. The minimum absolute atomic E-state index is 0.0519. The third-order valence-electron chi connectivity index (χ3n) is 7.02. The van der Waals surface area contributed by atoms with Crippen LogP contribution in [0, 0.1) is 5.41 Å². The molecule has 7 nitrogen and oxygen atoms in total. The third-order valence-corrected chi connectivity index (χ3v) is 7.02. The van der Waals surface area contributed by atoms with Crippen molar-refractivity contribution in [1.29, 1.82) is 0 Å². The van der Waals surface area contributed by atoms with E-state index in [0.717, 1.165) is 11.3 Å². The van der Waals surface area contributed by atoms with Crippen molar-refractivity contribution >= 4 is 29.0 Å². The van der Waals surface area contributed by atoms with E-state index in [-0.39, 0.29) is 17.1 Å². The predicted molar refractivity (Wildman–Crippen MR) is 174 cm³/mol. The van der Waals surface area contributed by atoms with Crippen LogP contribution in [-0.4, -0.2) is 44.0 Å². The summed E-state index contributed by atoms with van der Waals surface area (Å²) < 4.78 is 11.1. The Labute approximate surface area is 259 Å². The first-order chi connectivity index (χ1) is 21.1. The van der Waals surface area contributed by atoms with E-state index in [4.69, 9.17) is 9.47 Å². The normalized spacial score (nSPS) is 11.7. The summed E-state index contributed by atoms with van der Waals surface area (Å²) in [5, 5.41) is 3.24. The molecule has 0 heterocycles. The molecule has 1 amide bonds. The highest BCUT2D eigenvalue weighted by atomic mass is 16.5. The molecule has 4 aromatic rings. The lowest BCUT2D eigenvalue weighted by atomic mass is 9.91. The number of nitrogens with zero attached hydrogens (tertiary/aromatic N) is 1. The lowest BCUT2D eigenvalue weighted by molar-refractivity contribution is -0.141. The van der Waals surface area contributed by atoms with Crippen molar-refractivity contribution in [3.05, 3.63) is 126 Å². The molecule has 1 N–H and O–H groups in total. The van der Waals surface area contributed by atoms with Crippen molar-refractivity contribution in [1.82, 2.24) is 0 Å². The van der Waals surface area contributed by atoms with E-state index < -0.39 is 12.0 Å². The summed E-state index contributed by atoms with van der Waals surface area (Å²) in [5.74, 6) is 0.139. The molecule has 0 aliphatic rings. The molecule has 0 aliphatic carbocycles. The molecule has 4 rings (SSSR count). The SMILES string of the molecule is COC(=O)C(Cc1ccc(OCCN(C(=O)CC(C)(C)C)c2ccccc2)cc1)Nc1ccccc1C(=O)c1ccccc1. The monoisotopic (exact) mass is 592 g/mol. The molecule has 4 aromatic carbocycles. The van der Waals surface area contributed by atoms with Gasteiger partial charge in [0.15, 0.2) is 5.78 Å². The van der Waals surface area contributed by atoms with E-state index >= 15 is 0 Å². The number of hydrogen-bond donors (Lipinski definition) is 1. The number of anilines is 2. The fourth-order valence-electron chi connectivity index (χ4n) is 4.84. The van der Waals surface area contributed by atoms with Crippen LogP contribution < -0.4 is 15.0 Å². The second-order valence-electron chi connectivity index (χ2n) is 11.8. The quantitative estimate of drug-likeness (QED) is 0.133. The molecule has 7 heteroatoms. The summed E-state index contributed by atoms with van der Waals surface area (Å²) in [4.78, 5) is 40.8. The van der Waals surface area contributed by atoms with Crippen molar-refractivity contribution in [3.8, 4) is 5.75 Å². The van der Waals surface area contributed by atoms with Gasteiger partial charge < -0.3 is 19.7 Å². The Morgan fingerprint density at radius 1 is 0.795 bits per heavy atom. The summed E-state index contributed by atoms with van der Waals surface area (Å²) in [6, 6.07) is 32.6. The zero-order valence-electron chi connectivity index (χ0n) is 25.8. The number of rotatable bonds is 13. The molecular formula is C37H40N2O5. The fourth-order valence-corrected chi connectivity index (χ4v) is 4.84. The number of ketones is 1. The Kier molecular flexibility index (Phi) is 10.9. The van der Waals surface area contributed by atoms with E-state index in [0.29, 0.717) is 48.6 Å². The summed E-state index contributed by atoms with van der Waals surface area (Å²) in [6.45, 7) is 6.89. The Bertz CT molecular complexity index is 1530. The van der Waals surface area contributed by atoms with Crippen LogP contribution in [0.5, 0.6) is 5.75 Å². The van der Waals surface area contributed by atoms with Crippen LogP contribution in [0.3, 0.4) is 0 Å². The van der Waals surface area contributed by atoms with Crippen LogP contribution in [0.25, 0.3) is 0 Å². The molecular weight excluding hydrogens is 552 g/mol. The van der Waals surface area contributed by atoms with Crippen molar-refractivity contribution < 1.29 is 23.9 Å². The van der Waals surface area contributed by atoms with Gasteiger partial charge in [-0.2, -0.15) is 0 Å². The maximum absolute atomic E-state index is 13.2. The molecule has 0 bridgehead atoms. The summed E-state index contributed by atoms with van der Waals surface area (Å²) in [5.41, 5.74) is 3.20. The second kappa shape index (κ2) is 15.0. The Balaban J connectivity index is 1.41. The van der Waals surface area contributed by atoms with Gasteiger partial charge in [0, 0.05) is 35.3 Å². The standard InChI is InChI=1S/C37H40N2O5/c1-37(2,3)26-34(40)39(29-15-9-6-10-16-29)23-24-44-30-21-19-27(20-22-30)25-33(36(42)43-4)38-32-18-12-11-17-31(32)35(41)28-13-7-5-8-14-28/h5-22,33,38H,23-26H2,1-4H3. The minimum atomic E-state index is -0.718. The molecule has 1 unspecified atom stereocenters. The van der Waals surface area contributed by atoms with Gasteiger partial charge in [-0.1, -0.05) is 93.6 Å². The third kappa shape index (κ3) is 9.04. The number of amides is 1. The summed E-state index contributed by atoms with van der Waals surface area (Å²) >= 11 is 0. The number of hydrogen-bond acceptors (Lipinski definition) is 6. The highest BCUT2D eigenvalue weighted by Crippen LogP contribution is 2.24. The molecule has 0 fully saturated rings. The van der Waals surface area contributed by atoms with E-state index in [9.17, 15) is 14.4 Å². The molecule has 44 heavy (non-hydrogen) atoms. The first-order valence-electron chi connectivity index (χ1n) is 14.7. The van der Waals surface area contributed by atoms with E-state index in [1.165, 1.54) is 7.11 Å². The summed E-state index contributed by atoms with van der Waals surface area (Å²) in [6.07, 6.45) is 0.765. The van der Waals surface area contributed by atoms with Crippen LogP contribution in [0.4, 0.5) is 11.4 Å². The number of esters is 1. The fraction of sp³-hybridized carbons (Fsp3) is 0.270. The van der Waals surface area contributed by atoms with Crippen molar-refractivity contribution in [2.75, 3.05) is 30.5 Å². The van der Waals surface area contributed by atoms with Gasteiger partial charge in [-0.15, -0.1) is 0 Å². The van der Waals surface area contributed by atoms with Crippen molar-refractivity contribution in [3.63, 3.8) is 0 Å². The number of carbonyl (C=O) groups excluding carboxylic acids is 3. The maximum atomic E-state index is 13.2. The van der Waals surface area contributed by atoms with Gasteiger partial charge in [0.1, 0.15) is 18.4 Å². The van der Waals surface area contributed by atoms with Gasteiger partial charge in [-0.05, 0) is 47.4 Å². The van der Waals surface area contributed by atoms with Gasteiger partial charge in [-0.25, -0.2) is 4.79 Å². The van der Waals surface area contributed by atoms with Gasteiger partial charge in [0.25, 0.3) is 0 Å². The minimum Gasteiger partial charge on any atom is -0.492 e. The molecule has 228 valence electrons. The van der Waals surface area contributed by atoms with Crippen LogP contribution in [-0.2, 0) is 20.7 Å².